The second-order valence-corrected chi connectivity index (χ2v) is 4.06. The first-order valence-electron chi connectivity index (χ1n) is 5.31. The van der Waals surface area contributed by atoms with Crippen molar-refractivity contribution in [2.24, 2.45) is 0 Å². The zero-order valence-electron chi connectivity index (χ0n) is 9.67. The summed E-state index contributed by atoms with van der Waals surface area (Å²) in [7, 11) is 0. The predicted octanol–water partition coefficient (Wildman–Crippen LogP) is 2.24. The lowest BCUT2D eigenvalue weighted by Gasteiger charge is -2.29. The van der Waals surface area contributed by atoms with Crippen molar-refractivity contribution in [2.45, 2.75) is 39.2 Å². The number of hydrogen-bond acceptors (Lipinski definition) is 4. The Morgan fingerprint density at radius 2 is 1.87 bits per heavy atom. The number of pyridine rings is 1. The first-order valence-corrected chi connectivity index (χ1v) is 5.31. The quantitative estimate of drug-likeness (QED) is 0.709. The molecule has 4 nitrogen and oxygen atoms in total. The van der Waals surface area contributed by atoms with Crippen LogP contribution in [0.25, 0.3) is 0 Å². The molecule has 0 aliphatic rings. The molecule has 0 aliphatic carbocycles. The summed E-state index contributed by atoms with van der Waals surface area (Å²) in [6.45, 7) is 6.47. The molecule has 0 fully saturated rings. The largest absolute Gasteiger partial charge is 0.396 e. The average Bonchev–Trinajstić information content (AvgIpc) is 2.23. The summed E-state index contributed by atoms with van der Waals surface area (Å²) in [5, 5.41) is 3.38. The van der Waals surface area contributed by atoms with Crippen molar-refractivity contribution in [2.75, 3.05) is 16.8 Å². The number of nitrogen functional groups attached to an aromatic ring is 2. The number of nitrogens with one attached hydrogen (secondary N) is 1. The van der Waals surface area contributed by atoms with Crippen LogP contribution in [-0.2, 0) is 0 Å². The number of nitrogens with zero attached hydrogens (tertiary/aromatic N) is 1. The zero-order chi connectivity index (χ0) is 11.5. The molecule has 0 amide bonds. The molecule has 1 aromatic rings. The molecule has 0 saturated carbocycles. The fourth-order valence-corrected chi connectivity index (χ4v) is 1.29. The number of nitrogens with two attached hydrogens (primary N) is 2. The lowest BCUT2D eigenvalue weighted by atomic mass is 9.96. The molecule has 1 heterocycles. The van der Waals surface area contributed by atoms with Crippen molar-refractivity contribution in [3.05, 3.63) is 12.1 Å². The van der Waals surface area contributed by atoms with E-state index in [0.717, 1.165) is 18.7 Å². The number of hydrogen-bond donors (Lipinski definition) is 3. The molecule has 0 atom stereocenters. The Hall–Kier alpha value is -1.45. The summed E-state index contributed by atoms with van der Waals surface area (Å²) in [5.74, 6) is 1.17. The van der Waals surface area contributed by atoms with Crippen molar-refractivity contribution < 1.29 is 0 Å². The molecule has 0 bridgehead atoms. The van der Waals surface area contributed by atoms with Gasteiger partial charge in [0.05, 0.1) is 5.69 Å². The number of aromatic nitrogens is 1. The highest BCUT2D eigenvalue weighted by Gasteiger charge is 2.19. The van der Waals surface area contributed by atoms with Crippen molar-refractivity contribution in [3.63, 3.8) is 0 Å². The Kier molecular flexibility index (Phi) is 3.39. The van der Waals surface area contributed by atoms with E-state index in [-0.39, 0.29) is 5.54 Å². The Morgan fingerprint density at radius 3 is 2.33 bits per heavy atom. The van der Waals surface area contributed by atoms with Crippen LogP contribution in [0.4, 0.5) is 17.3 Å². The highest BCUT2D eigenvalue weighted by atomic mass is 15.1. The zero-order valence-corrected chi connectivity index (χ0v) is 9.67. The Morgan fingerprint density at radius 1 is 1.27 bits per heavy atom. The smallest absolute Gasteiger partial charge is 0.149 e. The molecule has 1 rings (SSSR count). The van der Waals surface area contributed by atoms with Gasteiger partial charge in [-0.1, -0.05) is 13.8 Å². The van der Waals surface area contributed by atoms with Gasteiger partial charge in [-0.15, -0.1) is 0 Å². The lowest BCUT2D eigenvalue weighted by Crippen LogP contribution is -2.33. The third kappa shape index (κ3) is 2.75. The highest BCUT2D eigenvalue weighted by molar-refractivity contribution is 5.61. The van der Waals surface area contributed by atoms with Crippen LogP contribution in [0, 0.1) is 0 Å². The standard InChI is InChI=1S/C11H20N4/c1-4-11(3,5-2)15-9-7-6-8(12)10(13)14-9/h6-7H,4-5,12H2,1-3H3,(H3,13,14,15). The minimum Gasteiger partial charge on any atom is -0.396 e. The number of anilines is 3. The molecule has 0 unspecified atom stereocenters. The fourth-order valence-electron chi connectivity index (χ4n) is 1.29. The van der Waals surface area contributed by atoms with Gasteiger partial charge in [0.1, 0.15) is 11.6 Å². The molecule has 4 heteroatoms. The summed E-state index contributed by atoms with van der Waals surface area (Å²) in [6.07, 6.45) is 2.07. The van der Waals surface area contributed by atoms with Crippen LogP contribution in [0.2, 0.25) is 0 Å². The van der Waals surface area contributed by atoms with E-state index in [2.05, 4.69) is 31.1 Å². The Labute approximate surface area is 91.1 Å². The summed E-state index contributed by atoms with van der Waals surface area (Å²) in [4.78, 5) is 4.20. The monoisotopic (exact) mass is 208 g/mol. The van der Waals surface area contributed by atoms with Crippen LogP contribution in [0.5, 0.6) is 0 Å². The minimum atomic E-state index is 0.0650. The van der Waals surface area contributed by atoms with Gasteiger partial charge >= 0.3 is 0 Å². The van der Waals surface area contributed by atoms with Crippen molar-refractivity contribution in [1.29, 1.82) is 0 Å². The maximum Gasteiger partial charge on any atom is 0.149 e. The van der Waals surface area contributed by atoms with Gasteiger partial charge in [-0.3, -0.25) is 0 Å². The van der Waals surface area contributed by atoms with Gasteiger partial charge in [0.2, 0.25) is 0 Å². The van der Waals surface area contributed by atoms with E-state index in [1.165, 1.54) is 0 Å². The van der Waals surface area contributed by atoms with E-state index in [9.17, 15) is 0 Å². The van der Waals surface area contributed by atoms with Gasteiger partial charge in [-0.2, -0.15) is 0 Å². The van der Waals surface area contributed by atoms with Gasteiger partial charge in [0.25, 0.3) is 0 Å². The first kappa shape index (κ1) is 11.6. The SMILES string of the molecule is CCC(C)(CC)Nc1ccc(N)c(N)n1. The van der Waals surface area contributed by atoms with Gasteiger partial charge in [-0.25, -0.2) is 4.98 Å². The minimum absolute atomic E-state index is 0.0650. The van der Waals surface area contributed by atoms with E-state index in [4.69, 9.17) is 11.5 Å². The van der Waals surface area contributed by atoms with E-state index < -0.39 is 0 Å². The molecule has 0 aromatic carbocycles. The molecule has 0 aliphatic heterocycles. The normalized spacial score (nSPS) is 11.4. The molecular formula is C11H20N4. The van der Waals surface area contributed by atoms with Gasteiger partial charge < -0.3 is 16.8 Å². The summed E-state index contributed by atoms with van der Waals surface area (Å²) >= 11 is 0. The number of rotatable bonds is 4. The second-order valence-electron chi connectivity index (χ2n) is 4.06. The van der Waals surface area contributed by atoms with Gasteiger partial charge in [0, 0.05) is 5.54 Å². The molecule has 1 aromatic heterocycles. The first-order chi connectivity index (χ1) is 7.00. The maximum absolute atomic E-state index is 5.65. The molecule has 0 saturated heterocycles. The second kappa shape index (κ2) is 4.38. The average molecular weight is 208 g/mol. The fraction of sp³-hybridized carbons (Fsp3) is 0.545. The van der Waals surface area contributed by atoms with Crippen LogP contribution < -0.4 is 16.8 Å². The van der Waals surface area contributed by atoms with Gasteiger partial charge in [-0.05, 0) is 31.9 Å². The third-order valence-electron chi connectivity index (χ3n) is 2.95. The Balaban J connectivity index is 2.85. The van der Waals surface area contributed by atoms with E-state index >= 15 is 0 Å². The third-order valence-corrected chi connectivity index (χ3v) is 2.95. The van der Waals surface area contributed by atoms with E-state index in [0.29, 0.717) is 11.5 Å². The highest BCUT2D eigenvalue weighted by Crippen LogP contribution is 2.22. The molecular weight excluding hydrogens is 188 g/mol. The van der Waals surface area contributed by atoms with Gasteiger partial charge in [0.15, 0.2) is 0 Å². The molecule has 15 heavy (non-hydrogen) atoms. The van der Waals surface area contributed by atoms with Crippen LogP contribution >= 0.6 is 0 Å². The maximum atomic E-state index is 5.65. The van der Waals surface area contributed by atoms with Crippen molar-refractivity contribution >= 4 is 17.3 Å². The predicted molar refractivity (Wildman–Crippen MR) is 65.7 cm³/mol. The van der Waals surface area contributed by atoms with Crippen LogP contribution in [0.15, 0.2) is 12.1 Å². The molecule has 0 radical (unpaired) electrons. The Bertz CT molecular complexity index is 331. The van der Waals surface area contributed by atoms with E-state index in [1.807, 2.05) is 6.07 Å². The molecule has 0 spiro atoms. The summed E-state index contributed by atoms with van der Waals surface area (Å²) < 4.78 is 0. The molecule has 5 N–H and O–H groups in total. The molecule has 84 valence electrons. The van der Waals surface area contributed by atoms with E-state index in [1.54, 1.807) is 6.07 Å². The topological polar surface area (TPSA) is 77.0 Å². The lowest BCUT2D eigenvalue weighted by molar-refractivity contribution is 0.477. The summed E-state index contributed by atoms with van der Waals surface area (Å²) in [6, 6.07) is 3.63. The summed E-state index contributed by atoms with van der Waals surface area (Å²) in [5.41, 5.74) is 11.8. The van der Waals surface area contributed by atoms with Crippen molar-refractivity contribution in [3.8, 4) is 0 Å². The van der Waals surface area contributed by atoms with Crippen LogP contribution in [0.1, 0.15) is 33.6 Å². The van der Waals surface area contributed by atoms with Crippen molar-refractivity contribution in [1.82, 2.24) is 4.98 Å². The van der Waals surface area contributed by atoms with Crippen LogP contribution in [0.3, 0.4) is 0 Å². The van der Waals surface area contributed by atoms with Crippen LogP contribution in [-0.4, -0.2) is 10.5 Å².